The van der Waals surface area contributed by atoms with Crippen molar-refractivity contribution in [2.45, 2.75) is 19.8 Å². The third kappa shape index (κ3) is 2.59. The second-order valence-corrected chi connectivity index (χ2v) is 4.38. The van der Waals surface area contributed by atoms with Gasteiger partial charge in [-0.25, -0.2) is 4.98 Å². The minimum absolute atomic E-state index is 0.109. The van der Waals surface area contributed by atoms with Crippen LogP contribution in [0, 0.1) is 6.92 Å². The van der Waals surface area contributed by atoms with Crippen LogP contribution in [0.3, 0.4) is 0 Å². The van der Waals surface area contributed by atoms with Crippen molar-refractivity contribution in [1.29, 1.82) is 0 Å². The molecule has 18 heavy (non-hydrogen) atoms. The molecule has 0 aliphatic heterocycles. The summed E-state index contributed by atoms with van der Waals surface area (Å²) in [5, 5.41) is 8.68. The molecule has 0 spiro atoms. The van der Waals surface area contributed by atoms with Crippen molar-refractivity contribution in [2.24, 2.45) is 7.05 Å². The van der Waals surface area contributed by atoms with E-state index < -0.39 is 5.97 Å². The maximum Gasteiger partial charge on any atom is 0.303 e. The Morgan fingerprint density at radius 1 is 1.33 bits per heavy atom. The van der Waals surface area contributed by atoms with Crippen LogP contribution in [0.2, 0.25) is 0 Å². The van der Waals surface area contributed by atoms with Gasteiger partial charge in [0.15, 0.2) is 0 Å². The lowest BCUT2D eigenvalue weighted by atomic mass is 10.1. The number of carboxylic acids is 1. The topological polar surface area (TPSA) is 55.1 Å². The molecule has 0 aliphatic rings. The maximum atomic E-state index is 10.6. The number of aliphatic carboxylic acids is 1. The van der Waals surface area contributed by atoms with Crippen LogP contribution in [0.25, 0.3) is 11.3 Å². The van der Waals surface area contributed by atoms with Crippen LogP contribution in [0.1, 0.15) is 17.8 Å². The van der Waals surface area contributed by atoms with Gasteiger partial charge >= 0.3 is 5.97 Å². The largest absolute Gasteiger partial charge is 0.481 e. The van der Waals surface area contributed by atoms with E-state index in [2.05, 4.69) is 17.1 Å². The number of rotatable bonds is 4. The van der Waals surface area contributed by atoms with Gasteiger partial charge in [0, 0.05) is 13.5 Å². The summed E-state index contributed by atoms with van der Waals surface area (Å²) in [7, 11) is 1.92. The van der Waals surface area contributed by atoms with Crippen LogP contribution >= 0.6 is 0 Å². The van der Waals surface area contributed by atoms with Gasteiger partial charge < -0.3 is 9.67 Å². The fourth-order valence-electron chi connectivity index (χ4n) is 1.89. The number of benzene rings is 1. The molecule has 0 bridgehead atoms. The Kier molecular flexibility index (Phi) is 3.46. The summed E-state index contributed by atoms with van der Waals surface area (Å²) in [6.45, 7) is 2.05. The fourth-order valence-corrected chi connectivity index (χ4v) is 1.89. The number of hydrogen-bond donors (Lipinski definition) is 1. The first kappa shape index (κ1) is 12.4. The van der Waals surface area contributed by atoms with E-state index in [1.165, 1.54) is 5.56 Å². The number of carbonyl (C=O) groups is 1. The summed E-state index contributed by atoms with van der Waals surface area (Å²) in [5.41, 5.74) is 3.32. The first-order valence-corrected chi connectivity index (χ1v) is 5.87. The van der Waals surface area contributed by atoms with E-state index in [-0.39, 0.29) is 6.42 Å². The van der Waals surface area contributed by atoms with Gasteiger partial charge in [-0.3, -0.25) is 4.79 Å². The van der Waals surface area contributed by atoms with E-state index in [9.17, 15) is 4.79 Å². The first-order valence-electron chi connectivity index (χ1n) is 5.87. The molecule has 1 heterocycles. The molecule has 2 aromatic rings. The molecule has 0 amide bonds. The van der Waals surface area contributed by atoms with Gasteiger partial charge in [-0.05, 0) is 12.5 Å². The number of hydrogen-bond acceptors (Lipinski definition) is 2. The number of imidazole rings is 1. The molecule has 0 aliphatic carbocycles. The SMILES string of the molecule is Cc1ccc(-c2cnc(CCC(=O)O)n2C)cc1. The van der Waals surface area contributed by atoms with Crippen LogP contribution in [-0.2, 0) is 18.3 Å². The van der Waals surface area contributed by atoms with E-state index in [1.54, 1.807) is 6.20 Å². The molecule has 0 saturated carbocycles. The molecule has 1 aromatic heterocycles. The standard InChI is InChI=1S/C14H16N2O2/c1-10-3-5-11(6-4-10)12-9-15-13(16(12)2)7-8-14(17)18/h3-6,9H,7-8H2,1-2H3,(H,17,18). The van der Waals surface area contributed by atoms with Crippen molar-refractivity contribution in [1.82, 2.24) is 9.55 Å². The number of nitrogens with zero attached hydrogens (tertiary/aromatic N) is 2. The molecule has 0 radical (unpaired) electrons. The molecular formula is C14H16N2O2. The lowest BCUT2D eigenvalue weighted by molar-refractivity contribution is -0.137. The van der Waals surface area contributed by atoms with Gasteiger partial charge in [-0.15, -0.1) is 0 Å². The summed E-state index contributed by atoms with van der Waals surface area (Å²) in [6, 6.07) is 8.21. The molecule has 0 unspecified atom stereocenters. The number of carboxylic acid groups (broad SMARTS) is 1. The predicted molar refractivity (Wildman–Crippen MR) is 69.3 cm³/mol. The van der Waals surface area contributed by atoms with Crippen molar-refractivity contribution < 1.29 is 9.90 Å². The highest BCUT2D eigenvalue weighted by Gasteiger charge is 2.09. The van der Waals surface area contributed by atoms with Gasteiger partial charge in [0.05, 0.1) is 18.3 Å². The van der Waals surface area contributed by atoms with Gasteiger partial charge in [-0.1, -0.05) is 29.8 Å². The molecule has 2 rings (SSSR count). The van der Waals surface area contributed by atoms with E-state index in [4.69, 9.17) is 5.11 Å². The molecule has 1 aromatic carbocycles. The first-order chi connectivity index (χ1) is 8.58. The Bertz CT molecular complexity index is 556. The Morgan fingerprint density at radius 2 is 2.00 bits per heavy atom. The third-order valence-electron chi connectivity index (χ3n) is 2.99. The number of aryl methyl sites for hydroxylation is 2. The average molecular weight is 244 g/mol. The second-order valence-electron chi connectivity index (χ2n) is 4.38. The summed E-state index contributed by atoms with van der Waals surface area (Å²) < 4.78 is 1.95. The highest BCUT2D eigenvalue weighted by Crippen LogP contribution is 2.20. The monoisotopic (exact) mass is 244 g/mol. The van der Waals surface area contributed by atoms with Crippen molar-refractivity contribution in [3.8, 4) is 11.3 Å². The maximum absolute atomic E-state index is 10.6. The quantitative estimate of drug-likeness (QED) is 0.898. The molecule has 0 saturated heterocycles. The summed E-state index contributed by atoms with van der Waals surface area (Å²) in [5.74, 6) is 0.00265. The van der Waals surface area contributed by atoms with Gasteiger partial charge in [0.1, 0.15) is 5.82 Å². The fraction of sp³-hybridized carbons (Fsp3) is 0.286. The highest BCUT2D eigenvalue weighted by molar-refractivity contribution is 5.67. The molecule has 1 N–H and O–H groups in total. The normalized spacial score (nSPS) is 10.6. The summed E-state index contributed by atoms with van der Waals surface area (Å²) in [6.07, 6.45) is 2.36. The molecule has 4 heteroatoms. The Morgan fingerprint density at radius 3 is 2.61 bits per heavy atom. The van der Waals surface area contributed by atoms with Crippen LogP contribution in [0.5, 0.6) is 0 Å². The zero-order chi connectivity index (χ0) is 13.1. The predicted octanol–water partition coefficient (Wildman–Crippen LogP) is 2.41. The van der Waals surface area contributed by atoms with Crippen molar-refractivity contribution in [3.05, 3.63) is 41.9 Å². The summed E-state index contributed by atoms with van der Waals surface area (Å²) in [4.78, 5) is 14.8. The van der Waals surface area contributed by atoms with Gasteiger partial charge in [0.25, 0.3) is 0 Å². The van der Waals surface area contributed by atoms with Crippen molar-refractivity contribution >= 4 is 5.97 Å². The molecule has 0 atom stereocenters. The Hall–Kier alpha value is -2.10. The minimum atomic E-state index is -0.796. The van der Waals surface area contributed by atoms with Crippen LogP contribution in [0.4, 0.5) is 0 Å². The van der Waals surface area contributed by atoms with E-state index >= 15 is 0 Å². The highest BCUT2D eigenvalue weighted by atomic mass is 16.4. The lowest BCUT2D eigenvalue weighted by Gasteiger charge is -2.05. The van der Waals surface area contributed by atoms with E-state index in [0.717, 1.165) is 17.1 Å². The van der Waals surface area contributed by atoms with Gasteiger partial charge in [-0.2, -0.15) is 0 Å². The van der Waals surface area contributed by atoms with Crippen LogP contribution in [0.15, 0.2) is 30.5 Å². The van der Waals surface area contributed by atoms with Crippen molar-refractivity contribution in [3.63, 3.8) is 0 Å². The zero-order valence-corrected chi connectivity index (χ0v) is 10.6. The van der Waals surface area contributed by atoms with Crippen LogP contribution < -0.4 is 0 Å². The molecular weight excluding hydrogens is 228 g/mol. The second kappa shape index (κ2) is 5.04. The van der Waals surface area contributed by atoms with Gasteiger partial charge in [0.2, 0.25) is 0 Å². The zero-order valence-electron chi connectivity index (χ0n) is 10.6. The third-order valence-corrected chi connectivity index (χ3v) is 2.99. The molecule has 0 fully saturated rings. The van der Waals surface area contributed by atoms with E-state index in [0.29, 0.717) is 6.42 Å². The summed E-state index contributed by atoms with van der Waals surface area (Å²) >= 11 is 0. The Labute approximate surface area is 106 Å². The molecule has 4 nitrogen and oxygen atoms in total. The minimum Gasteiger partial charge on any atom is -0.481 e. The lowest BCUT2D eigenvalue weighted by Crippen LogP contribution is -2.04. The van der Waals surface area contributed by atoms with Crippen molar-refractivity contribution in [2.75, 3.05) is 0 Å². The average Bonchev–Trinajstić information content (AvgIpc) is 2.69. The van der Waals surface area contributed by atoms with Crippen LogP contribution in [-0.4, -0.2) is 20.6 Å². The number of aromatic nitrogens is 2. The molecule has 94 valence electrons. The van der Waals surface area contributed by atoms with E-state index in [1.807, 2.05) is 30.7 Å². The smallest absolute Gasteiger partial charge is 0.303 e. The Balaban J connectivity index is 2.25.